The number of rotatable bonds is 8. The summed E-state index contributed by atoms with van der Waals surface area (Å²) in [5.74, 6) is 0.532. The Labute approximate surface area is 177 Å². The van der Waals surface area contributed by atoms with Gasteiger partial charge in [0.15, 0.2) is 0 Å². The zero-order chi connectivity index (χ0) is 20.9. The van der Waals surface area contributed by atoms with Crippen LogP contribution in [0.25, 0.3) is 0 Å². The number of amides is 1. The number of para-hydroxylation sites is 1. The normalized spacial score (nSPS) is 17.8. The Hall–Kier alpha value is -1.90. The van der Waals surface area contributed by atoms with E-state index in [0.717, 1.165) is 23.5 Å². The van der Waals surface area contributed by atoms with Crippen LogP contribution in [0.15, 0.2) is 46.7 Å². The van der Waals surface area contributed by atoms with E-state index in [4.69, 9.17) is 4.74 Å². The molecule has 1 unspecified atom stereocenters. The minimum absolute atomic E-state index is 0.00645. The van der Waals surface area contributed by atoms with Crippen molar-refractivity contribution in [2.45, 2.75) is 30.4 Å². The van der Waals surface area contributed by atoms with Crippen LogP contribution in [0.3, 0.4) is 0 Å². The zero-order valence-corrected chi connectivity index (χ0v) is 18.5. The summed E-state index contributed by atoms with van der Waals surface area (Å²) in [6, 6.07) is 13.1. The summed E-state index contributed by atoms with van der Waals surface area (Å²) in [6.45, 7) is 3.73. The first-order valence-electron chi connectivity index (χ1n) is 9.87. The summed E-state index contributed by atoms with van der Waals surface area (Å²) in [4.78, 5) is 15.5. The van der Waals surface area contributed by atoms with Crippen molar-refractivity contribution in [1.29, 1.82) is 0 Å². The third kappa shape index (κ3) is 5.58. The summed E-state index contributed by atoms with van der Waals surface area (Å²) in [5.41, 5.74) is 0. The molecule has 29 heavy (non-hydrogen) atoms. The molecule has 158 valence electrons. The van der Waals surface area contributed by atoms with Gasteiger partial charge in [-0.25, -0.2) is 8.42 Å². The molecule has 1 aliphatic rings. The molecule has 0 N–H and O–H groups in total. The molecule has 1 saturated heterocycles. The first kappa shape index (κ1) is 21.8. The summed E-state index contributed by atoms with van der Waals surface area (Å²) < 4.78 is 33.3. The number of nitrogens with zero attached hydrogens (tertiary/aromatic N) is 2. The van der Waals surface area contributed by atoms with Gasteiger partial charge >= 0.3 is 0 Å². The number of hydrogen-bond acceptors (Lipinski definition) is 5. The highest BCUT2D eigenvalue weighted by Crippen LogP contribution is 2.28. The van der Waals surface area contributed by atoms with E-state index in [0.29, 0.717) is 30.3 Å². The maximum Gasteiger partial charge on any atom is 0.252 e. The molecular weight excluding hydrogens is 408 g/mol. The molecule has 6 nitrogen and oxygen atoms in total. The van der Waals surface area contributed by atoms with Crippen molar-refractivity contribution in [3.63, 3.8) is 0 Å². The van der Waals surface area contributed by atoms with Crippen LogP contribution in [0.5, 0.6) is 5.75 Å². The molecule has 1 aromatic heterocycles. The third-order valence-electron chi connectivity index (χ3n) is 5.07. The molecule has 0 saturated carbocycles. The average Bonchev–Trinajstić information content (AvgIpc) is 3.18. The fourth-order valence-electron chi connectivity index (χ4n) is 3.47. The maximum absolute atomic E-state index is 12.9. The van der Waals surface area contributed by atoms with Gasteiger partial charge in [0.1, 0.15) is 9.96 Å². The number of sulfonamides is 1. The van der Waals surface area contributed by atoms with Crippen molar-refractivity contribution in [2.75, 3.05) is 33.3 Å². The summed E-state index contributed by atoms with van der Waals surface area (Å²) in [6.07, 6.45) is 2.14. The van der Waals surface area contributed by atoms with Gasteiger partial charge < -0.3 is 9.64 Å². The highest BCUT2D eigenvalue weighted by molar-refractivity contribution is 7.91. The molecule has 1 fully saturated rings. The van der Waals surface area contributed by atoms with Gasteiger partial charge in [0.25, 0.3) is 10.0 Å². The van der Waals surface area contributed by atoms with E-state index in [1.165, 1.54) is 15.6 Å². The van der Waals surface area contributed by atoms with E-state index in [1.54, 1.807) is 18.0 Å². The van der Waals surface area contributed by atoms with Gasteiger partial charge in [0, 0.05) is 31.6 Å². The van der Waals surface area contributed by atoms with Crippen molar-refractivity contribution in [2.24, 2.45) is 5.92 Å². The molecule has 1 aliphatic heterocycles. The van der Waals surface area contributed by atoms with Crippen LogP contribution in [-0.2, 0) is 14.8 Å². The van der Waals surface area contributed by atoms with Gasteiger partial charge in [0.2, 0.25) is 5.91 Å². The number of thiophene rings is 1. The second-order valence-electron chi connectivity index (χ2n) is 7.34. The number of hydrogen-bond donors (Lipinski definition) is 0. The molecule has 0 bridgehead atoms. The van der Waals surface area contributed by atoms with Crippen LogP contribution in [0.1, 0.15) is 24.1 Å². The molecule has 1 amide bonds. The van der Waals surface area contributed by atoms with Crippen molar-refractivity contribution >= 4 is 27.3 Å². The molecule has 0 radical (unpaired) electrons. The predicted octanol–water partition coefficient (Wildman–Crippen LogP) is 3.38. The van der Waals surface area contributed by atoms with E-state index < -0.39 is 10.0 Å². The third-order valence-corrected chi connectivity index (χ3v) is 8.40. The zero-order valence-electron chi connectivity index (χ0n) is 16.9. The Bertz CT molecular complexity index is 912. The summed E-state index contributed by atoms with van der Waals surface area (Å²) >= 11 is 1.28. The molecule has 1 aromatic carbocycles. The van der Waals surface area contributed by atoms with Crippen LogP contribution in [0, 0.1) is 12.8 Å². The smallest absolute Gasteiger partial charge is 0.252 e. The molecule has 2 heterocycles. The topological polar surface area (TPSA) is 66.9 Å². The van der Waals surface area contributed by atoms with Gasteiger partial charge in [0.05, 0.1) is 12.5 Å². The van der Waals surface area contributed by atoms with Crippen LogP contribution >= 0.6 is 11.3 Å². The second kappa shape index (κ2) is 9.73. The molecular formula is C21H28N2O4S2. The van der Waals surface area contributed by atoms with E-state index in [2.05, 4.69) is 0 Å². The summed E-state index contributed by atoms with van der Waals surface area (Å²) in [7, 11) is -1.75. The van der Waals surface area contributed by atoms with Gasteiger partial charge in [-0.05, 0) is 50.5 Å². The Morgan fingerprint density at radius 2 is 2.00 bits per heavy atom. The lowest BCUT2D eigenvalue weighted by molar-refractivity contribution is -0.135. The van der Waals surface area contributed by atoms with Gasteiger partial charge in [-0.15, -0.1) is 11.3 Å². The van der Waals surface area contributed by atoms with Crippen LogP contribution < -0.4 is 4.74 Å². The lowest BCUT2D eigenvalue weighted by Gasteiger charge is -2.33. The minimum Gasteiger partial charge on any atom is -0.494 e. The van der Waals surface area contributed by atoms with Crippen LogP contribution in [-0.4, -0.2) is 56.8 Å². The van der Waals surface area contributed by atoms with Gasteiger partial charge in [-0.3, -0.25) is 4.79 Å². The monoisotopic (exact) mass is 436 g/mol. The molecule has 1 atom stereocenters. The fraction of sp³-hybridized carbons (Fsp3) is 0.476. The molecule has 8 heteroatoms. The Morgan fingerprint density at radius 3 is 2.69 bits per heavy atom. The lowest BCUT2D eigenvalue weighted by atomic mass is 9.98. The number of carbonyl (C=O) groups is 1. The fourth-order valence-corrected chi connectivity index (χ4v) is 6.43. The van der Waals surface area contributed by atoms with Crippen molar-refractivity contribution in [3.8, 4) is 5.75 Å². The molecule has 0 spiro atoms. The maximum atomic E-state index is 12.9. The molecule has 0 aliphatic carbocycles. The quantitative estimate of drug-likeness (QED) is 0.595. The average molecular weight is 437 g/mol. The minimum atomic E-state index is -3.52. The Balaban J connectivity index is 1.51. The largest absolute Gasteiger partial charge is 0.494 e. The number of aryl methyl sites for hydroxylation is 1. The van der Waals surface area contributed by atoms with E-state index in [1.807, 2.05) is 43.3 Å². The van der Waals surface area contributed by atoms with Gasteiger partial charge in [-0.2, -0.15) is 4.31 Å². The van der Waals surface area contributed by atoms with E-state index in [-0.39, 0.29) is 18.4 Å². The van der Waals surface area contributed by atoms with Crippen LogP contribution in [0.4, 0.5) is 0 Å². The predicted molar refractivity (Wildman–Crippen MR) is 115 cm³/mol. The summed E-state index contributed by atoms with van der Waals surface area (Å²) in [5, 5.41) is 0. The van der Waals surface area contributed by atoms with E-state index in [9.17, 15) is 13.2 Å². The van der Waals surface area contributed by atoms with Gasteiger partial charge in [-0.1, -0.05) is 18.2 Å². The molecule has 2 aromatic rings. The second-order valence-corrected chi connectivity index (χ2v) is 10.8. The lowest BCUT2D eigenvalue weighted by Crippen LogP contribution is -2.45. The SMILES string of the molecule is Cc1ccc(S(=O)(=O)N2CCCC(C(=O)N(C)CCCOc3ccccc3)C2)s1. The first-order valence-corrected chi connectivity index (χ1v) is 12.1. The van der Waals surface area contributed by atoms with Crippen molar-refractivity contribution in [3.05, 3.63) is 47.3 Å². The van der Waals surface area contributed by atoms with Crippen molar-refractivity contribution in [1.82, 2.24) is 9.21 Å². The number of benzene rings is 1. The number of ether oxygens (including phenoxy) is 1. The Kier molecular flexibility index (Phi) is 7.32. The first-order chi connectivity index (χ1) is 13.9. The number of carbonyl (C=O) groups excluding carboxylic acids is 1. The highest BCUT2D eigenvalue weighted by Gasteiger charge is 2.34. The highest BCUT2D eigenvalue weighted by atomic mass is 32.2. The number of piperidine rings is 1. The van der Waals surface area contributed by atoms with Crippen molar-refractivity contribution < 1.29 is 17.9 Å². The Morgan fingerprint density at radius 1 is 1.24 bits per heavy atom. The van der Waals surface area contributed by atoms with E-state index >= 15 is 0 Å². The standard InChI is InChI=1S/C21H28N2O4S2/c1-17-11-12-20(28-17)29(25,26)23-14-6-8-18(16-23)21(24)22(2)13-7-15-27-19-9-4-3-5-10-19/h3-5,9-12,18H,6-8,13-16H2,1-2H3. The molecule has 3 rings (SSSR count). The van der Waals surface area contributed by atoms with Crippen LogP contribution in [0.2, 0.25) is 0 Å².